The largest absolute Gasteiger partial charge is 0.134 e. The first-order valence-electron chi connectivity index (χ1n) is 5.93. The van der Waals surface area contributed by atoms with Crippen molar-refractivity contribution in [2.24, 2.45) is 0 Å². The minimum atomic E-state index is 0.835. The smallest absolute Gasteiger partial charge is 0.0505 e. The Morgan fingerprint density at radius 1 is 0.947 bits per heavy atom. The Hall–Kier alpha value is -1.09. The molecule has 0 N–H and O–H groups in total. The van der Waals surface area contributed by atoms with E-state index in [1.807, 2.05) is 0 Å². The molecule has 1 heterocycles. The number of fused-ring (bicyclic) bond motifs is 5. The molecule has 1 aromatic heterocycles. The van der Waals surface area contributed by atoms with Gasteiger partial charge in [0.25, 0.3) is 0 Å². The molecule has 0 bridgehead atoms. The van der Waals surface area contributed by atoms with Crippen molar-refractivity contribution in [2.75, 3.05) is 0 Å². The maximum absolute atomic E-state index is 6.49. The fourth-order valence-electron chi connectivity index (χ4n) is 2.54. The maximum atomic E-state index is 6.49. The third-order valence-corrected chi connectivity index (χ3v) is 5.36. The van der Waals surface area contributed by atoms with Gasteiger partial charge < -0.3 is 0 Å². The van der Waals surface area contributed by atoms with Crippen LogP contribution >= 0.6 is 38.9 Å². The summed E-state index contributed by atoms with van der Waals surface area (Å²) in [5, 5.41) is 5.72. The van der Waals surface area contributed by atoms with Gasteiger partial charge in [0.1, 0.15) is 0 Å². The molecule has 4 aromatic rings. The summed E-state index contributed by atoms with van der Waals surface area (Å²) in [5.41, 5.74) is 0. The van der Waals surface area contributed by atoms with Crippen molar-refractivity contribution in [3.63, 3.8) is 0 Å². The molecule has 0 atom stereocenters. The van der Waals surface area contributed by atoms with Gasteiger partial charge in [0.2, 0.25) is 0 Å². The van der Waals surface area contributed by atoms with Crippen LogP contribution in [0.4, 0.5) is 0 Å². The number of benzene rings is 3. The average Bonchev–Trinajstić information content (AvgIpc) is 2.78. The van der Waals surface area contributed by atoms with Gasteiger partial charge in [0, 0.05) is 24.6 Å². The van der Waals surface area contributed by atoms with Gasteiger partial charge in [-0.3, -0.25) is 0 Å². The monoisotopic (exact) mass is 346 g/mol. The second-order valence-corrected chi connectivity index (χ2v) is 6.90. The first-order valence-corrected chi connectivity index (χ1v) is 7.92. The SMILES string of the molecule is Clc1cc2ccccc2c2sc3cc(Br)ccc3c12. The van der Waals surface area contributed by atoms with Crippen molar-refractivity contribution in [1.82, 2.24) is 0 Å². The molecule has 0 saturated carbocycles. The Kier molecular flexibility index (Phi) is 2.59. The predicted molar refractivity (Wildman–Crippen MR) is 89.5 cm³/mol. The van der Waals surface area contributed by atoms with Crippen LogP contribution in [-0.2, 0) is 0 Å². The molecule has 0 saturated heterocycles. The number of thiophene rings is 1. The molecule has 0 amide bonds. The van der Waals surface area contributed by atoms with Gasteiger partial charge in [-0.2, -0.15) is 0 Å². The highest BCUT2D eigenvalue weighted by Gasteiger charge is 2.12. The molecule has 0 unspecified atom stereocenters. The molecule has 0 radical (unpaired) electrons. The fourth-order valence-corrected chi connectivity index (χ4v) is 4.72. The van der Waals surface area contributed by atoms with Crippen LogP contribution in [0.3, 0.4) is 0 Å². The van der Waals surface area contributed by atoms with E-state index in [9.17, 15) is 0 Å². The van der Waals surface area contributed by atoms with Crippen LogP contribution in [0.2, 0.25) is 5.02 Å². The summed E-state index contributed by atoms with van der Waals surface area (Å²) in [6, 6.07) is 16.8. The Bertz CT molecular complexity index is 940. The summed E-state index contributed by atoms with van der Waals surface area (Å²) in [4.78, 5) is 0. The van der Waals surface area contributed by atoms with Crippen LogP contribution in [-0.4, -0.2) is 0 Å². The van der Waals surface area contributed by atoms with Crippen molar-refractivity contribution >= 4 is 69.8 Å². The zero-order valence-electron chi connectivity index (χ0n) is 9.78. The van der Waals surface area contributed by atoms with Crippen molar-refractivity contribution < 1.29 is 0 Å². The maximum Gasteiger partial charge on any atom is 0.0505 e. The number of hydrogen-bond donors (Lipinski definition) is 0. The quantitative estimate of drug-likeness (QED) is 0.335. The topological polar surface area (TPSA) is 0 Å². The lowest BCUT2D eigenvalue weighted by Crippen LogP contribution is -1.74. The number of rotatable bonds is 0. The predicted octanol–water partition coefficient (Wildman–Crippen LogP) is 6.62. The molecule has 3 heteroatoms. The summed E-state index contributed by atoms with van der Waals surface area (Å²) < 4.78 is 3.64. The highest BCUT2D eigenvalue weighted by molar-refractivity contribution is 9.10. The van der Waals surface area contributed by atoms with Crippen LogP contribution in [0.25, 0.3) is 30.9 Å². The molecule has 0 aliphatic rings. The van der Waals surface area contributed by atoms with E-state index < -0.39 is 0 Å². The summed E-state index contributed by atoms with van der Waals surface area (Å²) in [6.45, 7) is 0. The Morgan fingerprint density at radius 3 is 2.68 bits per heavy atom. The van der Waals surface area contributed by atoms with Crippen LogP contribution in [0.1, 0.15) is 0 Å². The molecule has 0 nitrogen and oxygen atoms in total. The van der Waals surface area contributed by atoms with Gasteiger partial charge in [-0.15, -0.1) is 11.3 Å². The molecule has 0 spiro atoms. The molecule has 0 aliphatic heterocycles. The van der Waals surface area contributed by atoms with Gasteiger partial charge in [-0.1, -0.05) is 57.9 Å². The lowest BCUT2D eigenvalue weighted by Gasteiger charge is -2.01. The fraction of sp³-hybridized carbons (Fsp3) is 0. The van der Waals surface area contributed by atoms with E-state index >= 15 is 0 Å². The second-order valence-electron chi connectivity index (χ2n) is 4.53. The van der Waals surface area contributed by atoms with Crippen molar-refractivity contribution in [1.29, 1.82) is 0 Å². The average molecular weight is 348 g/mol. The van der Waals surface area contributed by atoms with Crippen molar-refractivity contribution in [3.8, 4) is 0 Å². The van der Waals surface area contributed by atoms with Gasteiger partial charge in [0.05, 0.1) is 5.02 Å². The van der Waals surface area contributed by atoms with Crippen LogP contribution in [0, 0.1) is 0 Å². The lowest BCUT2D eigenvalue weighted by atomic mass is 10.1. The minimum Gasteiger partial charge on any atom is -0.134 e. The summed E-state index contributed by atoms with van der Waals surface area (Å²) in [7, 11) is 0. The Labute approximate surface area is 127 Å². The molecule has 92 valence electrons. The van der Waals surface area contributed by atoms with Crippen molar-refractivity contribution in [2.45, 2.75) is 0 Å². The summed E-state index contributed by atoms with van der Waals surface area (Å²) in [6.07, 6.45) is 0. The Balaban J connectivity index is 2.33. The van der Waals surface area contributed by atoms with Crippen LogP contribution in [0.15, 0.2) is 53.0 Å². The number of hydrogen-bond acceptors (Lipinski definition) is 1. The third-order valence-electron chi connectivity index (χ3n) is 3.38. The van der Waals surface area contributed by atoms with Gasteiger partial charge in [-0.05, 0) is 29.0 Å². The third kappa shape index (κ3) is 1.71. The van der Waals surface area contributed by atoms with Crippen molar-refractivity contribution in [3.05, 3.63) is 58.0 Å². The van der Waals surface area contributed by atoms with E-state index in [1.165, 1.54) is 30.9 Å². The van der Waals surface area contributed by atoms with Crippen LogP contribution < -0.4 is 0 Å². The minimum absolute atomic E-state index is 0.835. The van der Waals surface area contributed by atoms with E-state index in [4.69, 9.17) is 11.6 Å². The zero-order chi connectivity index (χ0) is 13.0. The number of halogens is 2. The molecule has 19 heavy (non-hydrogen) atoms. The molecule has 3 aromatic carbocycles. The van der Waals surface area contributed by atoms with E-state index in [-0.39, 0.29) is 0 Å². The van der Waals surface area contributed by atoms with Gasteiger partial charge in [-0.25, -0.2) is 0 Å². The standard InChI is InChI=1S/C16H8BrClS/c17-10-5-6-12-14(8-10)19-16-11-4-2-1-3-9(11)7-13(18)15(12)16/h1-8H. The van der Waals surface area contributed by atoms with Crippen LogP contribution in [0.5, 0.6) is 0 Å². The first kappa shape index (κ1) is 11.7. The van der Waals surface area contributed by atoms with Gasteiger partial charge in [0.15, 0.2) is 0 Å². The van der Waals surface area contributed by atoms with E-state index in [2.05, 4.69) is 64.5 Å². The summed E-state index contributed by atoms with van der Waals surface area (Å²) >= 11 is 11.8. The van der Waals surface area contributed by atoms with E-state index in [0.29, 0.717) is 0 Å². The highest BCUT2D eigenvalue weighted by Crippen LogP contribution is 2.42. The zero-order valence-corrected chi connectivity index (χ0v) is 12.9. The second kappa shape index (κ2) is 4.20. The first-order chi connectivity index (χ1) is 9.24. The van der Waals surface area contributed by atoms with Gasteiger partial charge >= 0.3 is 0 Å². The normalized spacial score (nSPS) is 11.7. The van der Waals surface area contributed by atoms with E-state index in [0.717, 1.165) is 9.50 Å². The molecular weight excluding hydrogens is 340 g/mol. The highest BCUT2D eigenvalue weighted by atomic mass is 79.9. The lowest BCUT2D eigenvalue weighted by molar-refractivity contribution is 1.77. The molecule has 0 fully saturated rings. The molecule has 0 aliphatic carbocycles. The summed E-state index contributed by atoms with van der Waals surface area (Å²) in [5.74, 6) is 0. The molecule has 4 rings (SSSR count). The Morgan fingerprint density at radius 2 is 1.79 bits per heavy atom. The molecular formula is C16H8BrClS. The van der Waals surface area contributed by atoms with E-state index in [1.54, 1.807) is 11.3 Å².